The molecule has 1 N–H and O–H groups in total. The van der Waals surface area contributed by atoms with E-state index in [0.29, 0.717) is 5.56 Å². The van der Waals surface area contributed by atoms with Crippen LogP contribution >= 0.6 is 11.6 Å². The lowest BCUT2D eigenvalue weighted by Crippen LogP contribution is -2.41. The van der Waals surface area contributed by atoms with Gasteiger partial charge in [-0.1, -0.05) is 6.07 Å². The smallest absolute Gasteiger partial charge is 0.235 e. The average molecular weight is 260 g/mol. The van der Waals surface area contributed by atoms with Crippen molar-refractivity contribution in [3.63, 3.8) is 0 Å². The fourth-order valence-corrected chi connectivity index (χ4v) is 1.58. The van der Waals surface area contributed by atoms with Gasteiger partial charge >= 0.3 is 0 Å². The molecule has 0 atom stereocenters. The van der Waals surface area contributed by atoms with Crippen LogP contribution in [0.3, 0.4) is 0 Å². The first-order valence-electron chi connectivity index (χ1n) is 5.11. The van der Waals surface area contributed by atoms with E-state index in [1.165, 1.54) is 19.2 Å². The lowest BCUT2D eigenvalue weighted by molar-refractivity contribution is -0.120. The Morgan fingerprint density at radius 1 is 1.53 bits per heavy atom. The van der Waals surface area contributed by atoms with E-state index in [1.807, 2.05) is 0 Å². The van der Waals surface area contributed by atoms with Crippen LogP contribution in [0.5, 0.6) is 5.75 Å². The Balaban J connectivity index is 2.98. The monoisotopic (exact) mass is 259 g/mol. The molecule has 5 heteroatoms. The van der Waals surface area contributed by atoms with Crippen LogP contribution in [-0.2, 0) is 10.3 Å². The van der Waals surface area contributed by atoms with Crippen LogP contribution in [0.25, 0.3) is 0 Å². The van der Waals surface area contributed by atoms with Crippen LogP contribution in [0.2, 0.25) is 0 Å². The highest BCUT2D eigenvalue weighted by atomic mass is 35.5. The third-order valence-electron chi connectivity index (χ3n) is 2.45. The molecular weight excluding hydrogens is 245 g/mol. The van der Waals surface area contributed by atoms with Gasteiger partial charge in [-0.3, -0.25) is 4.79 Å². The van der Waals surface area contributed by atoms with E-state index in [1.54, 1.807) is 19.9 Å². The van der Waals surface area contributed by atoms with Crippen LogP contribution in [-0.4, -0.2) is 18.9 Å². The summed E-state index contributed by atoms with van der Waals surface area (Å²) >= 11 is 5.42. The third kappa shape index (κ3) is 3.33. The van der Waals surface area contributed by atoms with Crippen LogP contribution in [0.15, 0.2) is 18.2 Å². The molecule has 1 rings (SSSR count). The van der Waals surface area contributed by atoms with Gasteiger partial charge in [-0.05, 0) is 31.5 Å². The van der Waals surface area contributed by atoms with Crippen LogP contribution < -0.4 is 10.1 Å². The largest absolute Gasteiger partial charge is 0.494 e. The molecule has 0 aromatic heterocycles. The highest BCUT2D eigenvalue weighted by molar-refractivity contribution is 6.27. The minimum Gasteiger partial charge on any atom is -0.494 e. The summed E-state index contributed by atoms with van der Waals surface area (Å²) in [5.74, 6) is -0.707. The highest BCUT2D eigenvalue weighted by Crippen LogP contribution is 2.25. The number of benzene rings is 1. The Morgan fingerprint density at radius 2 is 2.18 bits per heavy atom. The Labute approximate surface area is 105 Å². The molecule has 0 aliphatic carbocycles. The third-order valence-corrected chi connectivity index (χ3v) is 2.69. The van der Waals surface area contributed by atoms with E-state index in [2.05, 4.69) is 5.32 Å². The van der Waals surface area contributed by atoms with E-state index >= 15 is 0 Å². The van der Waals surface area contributed by atoms with Crippen molar-refractivity contribution in [1.29, 1.82) is 0 Å². The molecule has 0 heterocycles. The molecule has 3 nitrogen and oxygen atoms in total. The van der Waals surface area contributed by atoms with Crippen molar-refractivity contribution in [3.05, 3.63) is 29.6 Å². The summed E-state index contributed by atoms with van der Waals surface area (Å²) < 4.78 is 18.4. The van der Waals surface area contributed by atoms with Crippen molar-refractivity contribution in [3.8, 4) is 5.75 Å². The fraction of sp³-hybridized carbons (Fsp3) is 0.417. The van der Waals surface area contributed by atoms with Crippen LogP contribution in [0.4, 0.5) is 4.39 Å². The number of rotatable bonds is 4. The molecule has 0 saturated heterocycles. The number of carbonyl (C=O) groups is 1. The molecule has 1 aromatic rings. The molecule has 0 aliphatic rings. The Morgan fingerprint density at radius 3 is 2.65 bits per heavy atom. The zero-order valence-electron chi connectivity index (χ0n) is 10.0. The molecule has 94 valence electrons. The summed E-state index contributed by atoms with van der Waals surface area (Å²) in [5, 5.41) is 2.71. The number of nitrogens with one attached hydrogen (secondary N) is 1. The highest BCUT2D eigenvalue weighted by Gasteiger charge is 2.23. The zero-order chi connectivity index (χ0) is 13.1. The maximum Gasteiger partial charge on any atom is 0.235 e. The average Bonchev–Trinajstić information content (AvgIpc) is 2.28. The molecule has 0 fully saturated rings. The number of hydrogen-bond acceptors (Lipinski definition) is 2. The summed E-state index contributed by atoms with van der Waals surface area (Å²) in [7, 11) is 1.40. The second-order valence-electron chi connectivity index (χ2n) is 4.16. The lowest BCUT2D eigenvalue weighted by Gasteiger charge is -2.26. The van der Waals surface area contributed by atoms with Crippen molar-refractivity contribution < 1.29 is 13.9 Å². The molecule has 0 bridgehead atoms. The molecule has 17 heavy (non-hydrogen) atoms. The van der Waals surface area contributed by atoms with Gasteiger partial charge in [0.25, 0.3) is 0 Å². The predicted octanol–water partition coefficient (Wildman–Crippen LogP) is 2.42. The van der Waals surface area contributed by atoms with Gasteiger partial charge in [0.15, 0.2) is 11.6 Å². The number of amides is 1. The van der Waals surface area contributed by atoms with Crippen molar-refractivity contribution >= 4 is 17.5 Å². The quantitative estimate of drug-likeness (QED) is 0.844. The van der Waals surface area contributed by atoms with E-state index < -0.39 is 11.4 Å². The van der Waals surface area contributed by atoms with Crippen LogP contribution in [0, 0.1) is 5.82 Å². The van der Waals surface area contributed by atoms with Gasteiger partial charge in [-0.2, -0.15) is 0 Å². The molecule has 0 aliphatic heterocycles. The zero-order valence-corrected chi connectivity index (χ0v) is 10.8. The molecule has 1 aromatic carbocycles. The molecule has 0 radical (unpaired) electrons. The fourth-order valence-electron chi connectivity index (χ4n) is 1.51. The summed E-state index contributed by atoms with van der Waals surface area (Å²) in [6.07, 6.45) is 0. The second kappa shape index (κ2) is 5.36. The first-order valence-corrected chi connectivity index (χ1v) is 5.65. The van der Waals surface area contributed by atoms with Gasteiger partial charge in [0.05, 0.1) is 12.6 Å². The summed E-state index contributed by atoms with van der Waals surface area (Å²) in [6.45, 7) is 3.55. The minimum absolute atomic E-state index is 0.123. The number of halogens is 2. The van der Waals surface area contributed by atoms with Gasteiger partial charge in [0.2, 0.25) is 5.91 Å². The standard InChI is InChI=1S/C12H15ClFNO2/c1-12(2,15-11(16)7-13)8-4-5-10(17-3)9(14)6-8/h4-6H,7H2,1-3H3,(H,15,16). The van der Waals surface area contributed by atoms with Gasteiger partial charge in [-0.15, -0.1) is 11.6 Å². The molecule has 0 saturated carbocycles. The Bertz CT molecular complexity index is 421. The van der Waals surface area contributed by atoms with Crippen molar-refractivity contribution in [2.24, 2.45) is 0 Å². The molecule has 0 unspecified atom stereocenters. The topological polar surface area (TPSA) is 38.3 Å². The normalized spacial score (nSPS) is 11.1. The van der Waals surface area contributed by atoms with Gasteiger partial charge < -0.3 is 10.1 Å². The van der Waals surface area contributed by atoms with E-state index in [9.17, 15) is 9.18 Å². The minimum atomic E-state index is -0.681. The van der Waals surface area contributed by atoms with Crippen molar-refractivity contribution in [2.45, 2.75) is 19.4 Å². The summed E-state index contributed by atoms with van der Waals surface area (Å²) in [5.41, 5.74) is -0.0340. The lowest BCUT2D eigenvalue weighted by atomic mass is 9.94. The van der Waals surface area contributed by atoms with E-state index in [4.69, 9.17) is 16.3 Å². The van der Waals surface area contributed by atoms with E-state index in [0.717, 1.165) is 0 Å². The molecular formula is C12H15ClFNO2. The van der Waals surface area contributed by atoms with Crippen molar-refractivity contribution in [2.75, 3.05) is 13.0 Å². The number of ether oxygens (including phenoxy) is 1. The summed E-state index contributed by atoms with van der Waals surface area (Å²) in [6, 6.07) is 4.57. The van der Waals surface area contributed by atoms with Crippen molar-refractivity contribution in [1.82, 2.24) is 5.32 Å². The second-order valence-corrected chi connectivity index (χ2v) is 4.42. The maximum atomic E-state index is 13.5. The Kier molecular flexibility index (Phi) is 4.34. The number of carbonyl (C=O) groups excluding carboxylic acids is 1. The van der Waals surface area contributed by atoms with Gasteiger partial charge in [-0.25, -0.2) is 4.39 Å². The van der Waals surface area contributed by atoms with E-state index in [-0.39, 0.29) is 17.5 Å². The maximum absolute atomic E-state index is 13.5. The van der Waals surface area contributed by atoms with Gasteiger partial charge in [0.1, 0.15) is 5.88 Å². The first-order chi connectivity index (χ1) is 7.90. The summed E-state index contributed by atoms with van der Waals surface area (Å²) in [4.78, 5) is 11.2. The number of methoxy groups -OCH3 is 1. The first kappa shape index (κ1) is 13.8. The number of alkyl halides is 1. The number of hydrogen-bond donors (Lipinski definition) is 1. The predicted molar refractivity (Wildman–Crippen MR) is 64.8 cm³/mol. The molecule has 0 spiro atoms. The molecule has 1 amide bonds. The van der Waals surface area contributed by atoms with Crippen LogP contribution in [0.1, 0.15) is 19.4 Å². The van der Waals surface area contributed by atoms with Gasteiger partial charge in [0, 0.05) is 0 Å². The Hall–Kier alpha value is -1.29. The SMILES string of the molecule is COc1ccc(C(C)(C)NC(=O)CCl)cc1F.